The molecule has 2 heterocycles. The van der Waals surface area contributed by atoms with Crippen LogP contribution in [0.5, 0.6) is 0 Å². The van der Waals surface area contributed by atoms with Gasteiger partial charge in [-0.2, -0.15) is 0 Å². The number of carbonyl (C=O) groups excluding carboxylic acids is 3. The third-order valence-corrected chi connectivity index (χ3v) is 7.64. The van der Waals surface area contributed by atoms with Gasteiger partial charge in [-0.25, -0.2) is 9.48 Å². The lowest BCUT2D eigenvalue weighted by Gasteiger charge is -2.37. The molecule has 0 bridgehead atoms. The molecule has 278 valence electrons. The van der Waals surface area contributed by atoms with E-state index in [0.29, 0.717) is 118 Å². The number of aliphatic hydroxyl groups is 1. The van der Waals surface area contributed by atoms with Gasteiger partial charge in [0.2, 0.25) is 6.41 Å². The summed E-state index contributed by atoms with van der Waals surface area (Å²) in [6.07, 6.45) is 11.5. The van der Waals surface area contributed by atoms with Gasteiger partial charge >= 0.3 is 11.9 Å². The fourth-order valence-electron chi connectivity index (χ4n) is 5.10. The number of rotatable bonds is 32. The van der Waals surface area contributed by atoms with E-state index >= 15 is 0 Å². The van der Waals surface area contributed by atoms with Crippen LogP contribution in [0.1, 0.15) is 64.5 Å². The van der Waals surface area contributed by atoms with Crippen LogP contribution >= 0.6 is 0 Å². The first-order valence-corrected chi connectivity index (χ1v) is 17.3. The van der Waals surface area contributed by atoms with Crippen LogP contribution in [0.15, 0.2) is 6.20 Å². The zero-order valence-electron chi connectivity index (χ0n) is 29.1. The predicted molar refractivity (Wildman–Crippen MR) is 177 cm³/mol. The Balaban J connectivity index is 1.71. The van der Waals surface area contributed by atoms with Crippen molar-refractivity contribution < 1.29 is 52.6 Å². The van der Waals surface area contributed by atoms with Crippen molar-refractivity contribution in [2.24, 2.45) is 11.8 Å². The molecule has 2 rings (SSSR count). The molecule has 4 atom stereocenters. The van der Waals surface area contributed by atoms with Crippen molar-refractivity contribution in [1.82, 2.24) is 20.3 Å². The molecular weight excluding hydrogens is 640 g/mol. The molecule has 0 aromatic carbocycles. The number of aryl methyl sites for hydroxylation is 1. The van der Waals surface area contributed by atoms with Gasteiger partial charge in [-0.15, -0.1) is 17.4 Å². The third kappa shape index (κ3) is 19.0. The van der Waals surface area contributed by atoms with Gasteiger partial charge < -0.3 is 43.6 Å². The molecule has 1 aliphatic heterocycles. The summed E-state index contributed by atoms with van der Waals surface area (Å²) in [5.74, 6) is 1.78. The van der Waals surface area contributed by atoms with Crippen LogP contribution in [0.25, 0.3) is 0 Å². The highest BCUT2D eigenvalue weighted by Crippen LogP contribution is 2.32. The fourth-order valence-corrected chi connectivity index (χ4v) is 5.10. The molecule has 0 unspecified atom stereocenters. The summed E-state index contributed by atoms with van der Waals surface area (Å²) in [4.78, 5) is 36.4. The highest BCUT2D eigenvalue weighted by atomic mass is 16.6. The largest absolute Gasteiger partial charge is 0.461 e. The minimum absolute atomic E-state index is 0.00449. The second-order valence-electron chi connectivity index (χ2n) is 12.1. The van der Waals surface area contributed by atoms with Crippen molar-refractivity contribution in [2.45, 2.75) is 90.0 Å². The van der Waals surface area contributed by atoms with E-state index in [1.165, 1.54) is 0 Å². The Bertz CT molecular complexity index is 1080. The first kappa shape index (κ1) is 42.0. The lowest BCUT2D eigenvalue weighted by molar-refractivity contribution is -0.190. The van der Waals surface area contributed by atoms with E-state index in [2.05, 4.69) is 21.5 Å². The van der Waals surface area contributed by atoms with Crippen LogP contribution in [0, 0.1) is 24.2 Å². The molecular formula is C34H56N4O11. The zero-order chi connectivity index (χ0) is 35.5. The van der Waals surface area contributed by atoms with Crippen molar-refractivity contribution >= 4 is 18.3 Å². The number of terminal acetylenes is 1. The van der Waals surface area contributed by atoms with Crippen LogP contribution in [0.2, 0.25) is 0 Å². The number of hydrogen-bond acceptors (Lipinski definition) is 13. The first-order valence-electron chi connectivity index (χ1n) is 17.3. The molecule has 1 aromatic rings. The van der Waals surface area contributed by atoms with E-state index in [1.54, 1.807) is 4.68 Å². The van der Waals surface area contributed by atoms with E-state index in [9.17, 15) is 14.4 Å². The number of esters is 2. The number of unbranched alkanes of at least 4 members (excludes halogenated alkanes) is 2. The summed E-state index contributed by atoms with van der Waals surface area (Å²) in [7, 11) is 0. The fraction of sp³-hybridized carbons (Fsp3) is 0.794. The first-order chi connectivity index (χ1) is 23.9. The number of nitrogens with zero attached hydrogens (tertiary/aromatic N) is 3. The topological polar surface area (TPSA) is 179 Å². The van der Waals surface area contributed by atoms with Gasteiger partial charge in [0.05, 0.1) is 90.8 Å². The SMILES string of the molecule is C#CCCCC[C@@H]1C(=O)O[C@H]1C[C@H](CCc1cn(CCOCCOCCOCCOCCOCCO)nn1)OC(=O)[C@H](CC(C)C)NC=O. The summed E-state index contributed by atoms with van der Waals surface area (Å²) >= 11 is 0. The third-order valence-electron chi connectivity index (χ3n) is 7.64. The van der Waals surface area contributed by atoms with Crippen LogP contribution in [0.4, 0.5) is 0 Å². The number of amides is 1. The molecule has 0 aliphatic carbocycles. The molecule has 15 nitrogen and oxygen atoms in total. The average Bonchev–Trinajstić information content (AvgIpc) is 3.53. The number of carbonyl (C=O) groups is 3. The van der Waals surface area contributed by atoms with E-state index in [4.69, 9.17) is 44.7 Å². The average molecular weight is 697 g/mol. The van der Waals surface area contributed by atoms with Gasteiger partial charge in [-0.05, 0) is 38.0 Å². The normalized spacial score (nSPS) is 16.8. The summed E-state index contributed by atoms with van der Waals surface area (Å²) in [6, 6.07) is -0.761. The van der Waals surface area contributed by atoms with Gasteiger partial charge in [-0.3, -0.25) is 9.59 Å². The van der Waals surface area contributed by atoms with Crippen LogP contribution < -0.4 is 5.32 Å². The second-order valence-corrected chi connectivity index (χ2v) is 12.1. The summed E-state index contributed by atoms with van der Waals surface area (Å²) in [5, 5.41) is 19.6. The molecule has 49 heavy (non-hydrogen) atoms. The Morgan fingerprint density at radius 2 is 1.67 bits per heavy atom. The Labute approximate surface area is 290 Å². The Morgan fingerprint density at radius 3 is 2.24 bits per heavy atom. The lowest BCUT2D eigenvalue weighted by atomic mass is 9.86. The van der Waals surface area contributed by atoms with Crippen molar-refractivity contribution in [3.8, 4) is 12.3 Å². The number of ether oxygens (including phenoxy) is 7. The summed E-state index contributed by atoms with van der Waals surface area (Å²) in [5.41, 5.74) is 0.728. The number of hydrogen-bond donors (Lipinski definition) is 2. The molecule has 0 radical (unpaired) electrons. The van der Waals surface area contributed by atoms with E-state index in [0.717, 1.165) is 18.5 Å². The molecule has 0 saturated carbocycles. The maximum atomic E-state index is 13.1. The highest BCUT2D eigenvalue weighted by Gasteiger charge is 2.43. The van der Waals surface area contributed by atoms with Gasteiger partial charge in [0, 0.05) is 19.0 Å². The molecule has 2 N–H and O–H groups in total. The monoisotopic (exact) mass is 696 g/mol. The number of aliphatic hydroxyl groups excluding tert-OH is 1. The quantitative estimate of drug-likeness (QED) is 0.0480. The van der Waals surface area contributed by atoms with Crippen LogP contribution in [-0.2, 0) is 60.5 Å². The summed E-state index contributed by atoms with van der Waals surface area (Å²) in [6.45, 7) is 8.79. The van der Waals surface area contributed by atoms with Crippen molar-refractivity contribution in [3.63, 3.8) is 0 Å². The Hall–Kier alpha value is -3.13. The van der Waals surface area contributed by atoms with Crippen molar-refractivity contribution in [3.05, 3.63) is 11.9 Å². The van der Waals surface area contributed by atoms with E-state index < -0.39 is 18.1 Å². The number of aromatic nitrogens is 3. The zero-order valence-corrected chi connectivity index (χ0v) is 29.1. The van der Waals surface area contributed by atoms with Gasteiger partial charge in [-0.1, -0.05) is 25.5 Å². The molecule has 0 spiro atoms. The maximum absolute atomic E-state index is 13.1. The predicted octanol–water partition coefficient (Wildman–Crippen LogP) is 1.48. The van der Waals surface area contributed by atoms with Crippen LogP contribution in [-0.4, -0.2) is 129 Å². The minimum Gasteiger partial charge on any atom is -0.461 e. The Kier molecular flexibility index (Phi) is 22.9. The maximum Gasteiger partial charge on any atom is 0.328 e. The highest BCUT2D eigenvalue weighted by molar-refractivity contribution is 5.79. The molecule has 15 heteroatoms. The molecule has 1 fully saturated rings. The Morgan fingerprint density at radius 1 is 1.04 bits per heavy atom. The van der Waals surface area contributed by atoms with Crippen molar-refractivity contribution in [1.29, 1.82) is 0 Å². The summed E-state index contributed by atoms with van der Waals surface area (Å²) < 4.78 is 40.1. The standard InChI is InChI=1S/C34H56N4O11/c1-4-5-6-7-8-30-32(49-33(30)41)24-29(48-34(42)31(35-26-40)23-27(2)3)10-9-28-25-38(37-36-28)11-13-43-15-17-45-19-21-47-22-20-46-18-16-44-14-12-39/h1,25-27,29-32,39H,5-24H2,2-3H3,(H,35,40)/t29-,30-,31-,32-/m0/s1. The second kappa shape index (κ2) is 26.7. The molecule has 1 aliphatic rings. The van der Waals surface area contributed by atoms with Gasteiger partial charge in [0.1, 0.15) is 18.2 Å². The smallest absolute Gasteiger partial charge is 0.328 e. The molecule has 1 amide bonds. The van der Waals surface area contributed by atoms with Gasteiger partial charge in [0.15, 0.2) is 0 Å². The molecule has 1 saturated heterocycles. The van der Waals surface area contributed by atoms with E-state index in [-0.39, 0.29) is 30.5 Å². The molecule has 1 aromatic heterocycles. The number of nitrogens with one attached hydrogen (secondary N) is 1. The minimum atomic E-state index is -0.761. The lowest BCUT2D eigenvalue weighted by Crippen LogP contribution is -2.48. The van der Waals surface area contributed by atoms with Crippen molar-refractivity contribution in [2.75, 3.05) is 72.7 Å². The number of cyclic esters (lactones) is 1. The van der Waals surface area contributed by atoms with Crippen LogP contribution in [0.3, 0.4) is 0 Å². The van der Waals surface area contributed by atoms with E-state index in [1.807, 2.05) is 20.0 Å². The van der Waals surface area contributed by atoms with Gasteiger partial charge in [0.25, 0.3) is 0 Å².